The van der Waals surface area contributed by atoms with Crippen molar-refractivity contribution < 1.29 is 10.3 Å². The Balaban J connectivity index is 2.44. The van der Waals surface area contributed by atoms with E-state index in [0.717, 1.165) is 32.2 Å². The SMILES string of the molecule is CCC(C)(CCO)NCC1(CC(N)=NO)CC1. The molecule has 5 nitrogen and oxygen atoms in total. The van der Waals surface area contributed by atoms with Gasteiger partial charge in [-0.15, -0.1) is 0 Å². The molecule has 17 heavy (non-hydrogen) atoms. The summed E-state index contributed by atoms with van der Waals surface area (Å²) >= 11 is 0. The highest BCUT2D eigenvalue weighted by Crippen LogP contribution is 2.48. The number of nitrogens with one attached hydrogen (secondary N) is 1. The molecule has 1 saturated carbocycles. The van der Waals surface area contributed by atoms with Gasteiger partial charge in [0.1, 0.15) is 5.84 Å². The van der Waals surface area contributed by atoms with E-state index < -0.39 is 0 Å². The van der Waals surface area contributed by atoms with Gasteiger partial charge in [0.15, 0.2) is 0 Å². The lowest BCUT2D eigenvalue weighted by molar-refractivity contribution is 0.207. The molecule has 1 atom stereocenters. The van der Waals surface area contributed by atoms with E-state index in [9.17, 15) is 0 Å². The maximum Gasteiger partial charge on any atom is 0.139 e. The number of aliphatic hydroxyl groups is 1. The molecule has 0 spiro atoms. The molecule has 0 aromatic rings. The summed E-state index contributed by atoms with van der Waals surface area (Å²) < 4.78 is 0. The van der Waals surface area contributed by atoms with E-state index >= 15 is 0 Å². The van der Waals surface area contributed by atoms with Gasteiger partial charge in [-0.05, 0) is 38.0 Å². The van der Waals surface area contributed by atoms with Crippen LogP contribution in [-0.2, 0) is 0 Å². The van der Waals surface area contributed by atoms with Gasteiger partial charge in [-0.25, -0.2) is 0 Å². The quantitative estimate of drug-likeness (QED) is 0.222. The molecular formula is C12H25N3O2. The largest absolute Gasteiger partial charge is 0.409 e. The molecule has 5 heteroatoms. The second-order valence-corrected chi connectivity index (χ2v) is 5.51. The summed E-state index contributed by atoms with van der Waals surface area (Å²) in [7, 11) is 0. The highest BCUT2D eigenvalue weighted by atomic mass is 16.4. The Labute approximate surface area is 103 Å². The first-order valence-corrected chi connectivity index (χ1v) is 6.31. The van der Waals surface area contributed by atoms with Crippen molar-refractivity contribution in [2.75, 3.05) is 13.2 Å². The molecular weight excluding hydrogens is 218 g/mol. The first kappa shape index (κ1) is 14.3. The zero-order chi connectivity index (χ0) is 12.9. The molecule has 1 fully saturated rings. The topological polar surface area (TPSA) is 90.9 Å². The minimum absolute atomic E-state index is 0.0184. The summed E-state index contributed by atoms with van der Waals surface area (Å²) in [6, 6.07) is 0. The Morgan fingerprint density at radius 3 is 2.59 bits per heavy atom. The number of oxime groups is 1. The van der Waals surface area contributed by atoms with Gasteiger partial charge in [0.05, 0.1) is 0 Å². The van der Waals surface area contributed by atoms with Gasteiger partial charge in [-0.3, -0.25) is 0 Å². The minimum Gasteiger partial charge on any atom is -0.409 e. The number of aliphatic hydroxyl groups excluding tert-OH is 1. The van der Waals surface area contributed by atoms with Crippen molar-refractivity contribution in [1.82, 2.24) is 5.32 Å². The highest BCUT2D eigenvalue weighted by Gasteiger charge is 2.44. The predicted molar refractivity (Wildman–Crippen MR) is 68.1 cm³/mol. The van der Waals surface area contributed by atoms with E-state index in [0.29, 0.717) is 12.3 Å². The van der Waals surface area contributed by atoms with Crippen LogP contribution in [0.15, 0.2) is 5.16 Å². The molecule has 100 valence electrons. The Hall–Kier alpha value is -0.810. The maximum absolute atomic E-state index is 9.05. The van der Waals surface area contributed by atoms with Crippen molar-refractivity contribution in [3.8, 4) is 0 Å². The van der Waals surface area contributed by atoms with Gasteiger partial charge >= 0.3 is 0 Å². The van der Waals surface area contributed by atoms with E-state index in [1.54, 1.807) is 0 Å². The van der Waals surface area contributed by atoms with E-state index in [1.165, 1.54) is 0 Å². The van der Waals surface area contributed by atoms with Crippen molar-refractivity contribution in [2.24, 2.45) is 16.3 Å². The number of nitrogens with two attached hydrogens (primary N) is 1. The molecule has 1 aliphatic carbocycles. The van der Waals surface area contributed by atoms with Crippen LogP contribution in [0.2, 0.25) is 0 Å². The van der Waals surface area contributed by atoms with Gasteiger partial charge < -0.3 is 21.4 Å². The van der Waals surface area contributed by atoms with Crippen LogP contribution in [0.5, 0.6) is 0 Å². The molecule has 0 aromatic heterocycles. The lowest BCUT2D eigenvalue weighted by Crippen LogP contribution is -2.45. The van der Waals surface area contributed by atoms with Gasteiger partial charge in [0.25, 0.3) is 0 Å². The Morgan fingerprint density at radius 2 is 2.18 bits per heavy atom. The molecule has 1 rings (SSSR count). The van der Waals surface area contributed by atoms with Crippen molar-refractivity contribution >= 4 is 5.84 Å². The van der Waals surface area contributed by atoms with E-state index in [-0.39, 0.29) is 17.6 Å². The second kappa shape index (κ2) is 5.69. The maximum atomic E-state index is 9.05. The summed E-state index contributed by atoms with van der Waals surface area (Å²) in [5.41, 5.74) is 5.71. The molecule has 0 heterocycles. The molecule has 0 aliphatic heterocycles. The smallest absolute Gasteiger partial charge is 0.139 e. The third kappa shape index (κ3) is 4.16. The molecule has 0 amide bonds. The lowest BCUT2D eigenvalue weighted by atomic mass is 9.92. The fourth-order valence-electron chi connectivity index (χ4n) is 2.05. The molecule has 1 aliphatic rings. The Kier molecular flexibility index (Phi) is 4.77. The van der Waals surface area contributed by atoms with Crippen molar-refractivity contribution in [3.63, 3.8) is 0 Å². The van der Waals surface area contributed by atoms with Crippen molar-refractivity contribution in [1.29, 1.82) is 0 Å². The van der Waals surface area contributed by atoms with Crippen molar-refractivity contribution in [2.45, 2.75) is 51.5 Å². The van der Waals surface area contributed by atoms with E-state index in [4.69, 9.17) is 16.0 Å². The summed E-state index contributed by atoms with van der Waals surface area (Å²) in [4.78, 5) is 0. The lowest BCUT2D eigenvalue weighted by Gasteiger charge is -2.31. The van der Waals surface area contributed by atoms with E-state index in [1.807, 2.05) is 0 Å². The third-order valence-corrected chi connectivity index (χ3v) is 3.98. The predicted octanol–water partition coefficient (Wildman–Crippen LogP) is 1.04. The number of amidine groups is 1. The summed E-state index contributed by atoms with van der Waals surface area (Å²) in [5, 5.41) is 24.2. The summed E-state index contributed by atoms with van der Waals surface area (Å²) in [6.07, 6.45) is 4.62. The molecule has 0 saturated heterocycles. The fourth-order valence-corrected chi connectivity index (χ4v) is 2.05. The van der Waals surface area contributed by atoms with Gasteiger partial charge in [-0.2, -0.15) is 0 Å². The molecule has 5 N–H and O–H groups in total. The number of nitrogens with zero attached hydrogens (tertiary/aromatic N) is 1. The normalized spacial score (nSPS) is 22.2. The van der Waals surface area contributed by atoms with Crippen LogP contribution in [0, 0.1) is 5.41 Å². The average molecular weight is 243 g/mol. The Bertz CT molecular complexity index is 277. The zero-order valence-electron chi connectivity index (χ0n) is 10.9. The van der Waals surface area contributed by atoms with Gasteiger partial charge in [-0.1, -0.05) is 12.1 Å². The Morgan fingerprint density at radius 1 is 1.53 bits per heavy atom. The first-order chi connectivity index (χ1) is 7.99. The van der Waals surface area contributed by atoms with Gasteiger partial charge in [0, 0.05) is 25.1 Å². The molecule has 0 aromatic carbocycles. The fraction of sp³-hybridized carbons (Fsp3) is 0.917. The van der Waals surface area contributed by atoms with Crippen LogP contribution in [0.3, 0.4) is 0 Å². The zero-order valence-corrected chi connectivity index (χ0v) is 10.9. The highest BCUT2D eigenvalue weighted by molar-refractivity contribution is 5.80. The third-order valence-electron chi connectivity index (χ3n) is 3.98. The van der Waals surface area contributed by atoms with Crippen LogP contribution in [-0.4, -0.2) is 34.8 Å². The van der Waals surface area contributed by atoms with Crippen LogP contribution >= 0.6 is 0 Å². The summed E-state index contributed by atoms with van der Waals surface area (Å²) in [5.74, 6) is 0.310. The number of hydrogen-bond acceptors (Lipinski definition) is 4. The molecule has 1 unspecified atom stereocenters. The molecule has 0 radical (unpaired) electrons. The van der Waals surface area contributed by atoms with E-state index in [2.05, 4.69) is 24.3 Å². The number of hydrogen-bond donors (Lipinski definition) is 4. The standard InChI is InChI=1S/C12H25N3O2/c1-3-11(2,6-7-16)14-9-12(4-5-12)8-10(13)15-17/h14,16-17H,3-9H2,1-2H3,(H2,13,15). The molecule has 0 bridgehead atoms. The summed E-state index contributed by atoms with van der Waals surface area (Å²) in [6.45, 7) is 5.31. The average Bonchev–Trinajstić information content (AvgIpc) is 3.07. The van der Waals surface area contributed by atoms with Crippen LogP contribution in [0.25, 0.3) is 0 Å². The van der Waals surface area contributed by atoms with Crippen LogP contribution in [0.1, 0.15) is 46.0 Å². The van der Waals surface area contributed by atoms with Crippen molar-refractivity contribution in [3.05, 3.63) is 0 Å². The monoisotopic (exact) mass is 243 g/mol. The minimum atomic E-state index is -0.0184. The second-order valence-electron chi connectivity index (χ2n) is 5.51. The van der Waals surface area contributed by atoms with Crippen LogP contribution in [0.4, 0.5) is 0 Å². The van der Waals surface area contributed by atoms with Crippen LogP contribution < -0.4 is 11.1 Å². The van der Waals surface area contributed by atoms with Gasteiger partial charge in [0.2, 0.25) is 0 Å². The number of rotatable bonds is 8. The first-order valence-electron chi connectivity index (χ1n) is 6.31.